The van der Waals surface area contributed by atoms with Gasteiger partial charge < -0.3 is 10.0 Å². The van der Waals surface area contributed by atoms with Crippen LogP contribution in [0, 0.1) is 0 Å². The maximum atomic E-state index is 10.9. The molecule has 2 fully saturated rings. The van der Waals surface area contributed by atoms with E-state index in [4.69, 9.17) is 0 Å². The Hall–Kier alpha value is -0.380. The van der Waals surface area contributed by atoms with E-state index >= 15 is 0 Å². The fourth-order valence-electron chi connectivity index (χ4n) is 3.58. The van der Waals surface area contributed by atoms with Crippen molar-refractivity contribution in [1.82, 2.24) is 4.90 Å². The predicted octanol–water partition coefficient (Wildman–Crippen LogP) is 3.68. The van der Waals surface area contributed by atoms with E-state index in [0.717, 1.165) is 42.0 Å². The second kappa shape index (κ2) is 5.55. The van der Waals surface area contributed by atoms with Crippen LogP contribution in [0.2, 0.25) is 0 Å². The van der Waals surface area contributed by atoms with Gasteiger partial charge in [0, 0.05) is 23.6 Å². The molecule has 1 aromatic rings. The van der Waals surface area contributed by atoms with Gasteiger partial charge in [-0.1, -0.05) is 40.9 Å². The zero-order valence-electron chi connectivity index (χ0n) is 11.3. The second-order valence-corrected chi connectivity index (χ2v) is 6.93. The van der Waals surface area contributed by atoms with Crippen LogP contribution in [0.15, 0.2) is 28.7 Å². The predicted molar refractivity (Wildman–Crippen MR) is 81.1 cm³/mol. The van der Waals surface area contributed by atoms with E-state index in [1.54, 1.807) is 0 Å². The zero-order valence-corrected chi connectivity index (χ0v) is 12.9. The molecule has 0 unspecified atom stereocenters. The van der Waals surface area contributed by atoms with E-state index in [9.17, 15) is 5.11 Å². The highest BCUT2D eigenvalue weighted by molar-refractivity contribution is 9.10. The molecule has 1 aliphatic heterocycles. The second-order valence-electron chi connectivity index (χ2n) is 6.01. The highest BCUT2D eigenvalue weighted by atomic mass is 79.9. The van der Waals surface area contributed by atoms with Crippen molar-refractivity contribution in [2.75, 3.05) is 13.1 Å². The SMILES string of the molecule is OC1(c2ccc(Br)cc2)CCN(C2CCCC2)CC1. The Balaban J connectivity index is 1.66. The molecular weight excluding hydrogens is 302 g/mol. The Kier molecular flexibility index (Phi) is 3.97. The standard InChI is InChI=1S/C16H22BrNO/c17-14-7-5-13(6-8-14)16(19)9-11-18(12-10-16)15-3-1-2-4-15/h5-8,15,19H,1-4,9-12H2. The van der Waals surface area contributed by atoms with Crippen LogP contribution in [0.1, 0.15) is 44.1 Å². The maximum Gasteiger partial charge on any atom is 0.0920 e. The molecule has 2 nitrogen and oxygen atoms in total. The number of hydrogen-bond donors (Lipinski definition) is 1. The van der Waals surface area contributed by atoms with Crippen molar-refractivity contribution in [2.45, 2.75) is 50.2 Å². The topological polar surface area (TPSA) is 23.5 Å². The summed E-state index contributed by atoms with van der Waals surface area (Å²) < 4.78 is 1.07. The van der Waals surface area contributed by atoms with Gasteiger partial charge in [-0.2, -0.15) is 0 Å². The van der Waals surface area contributed by atoms with Crippen LogP contribution in [0.4, 0.5) is 0 Å². The number of rotatable bonds is 2. The number of piperidine rings is 1. The summed E-state index contributed by atoms with van der Waals surface area (Å²) in [6.45, 7) is 2.08. The van der Waals surface area contributed by atoms with E-state index in [-0.39, 0.29) is 0 Å². The lowest BCUT2D eigenvalue weighted by molar-refractivity contribution is -0.0350. The molecular formula is C16H22BrNO. The molecule has 1 N–H and O–H groups in total. The number of hydrogen-bond acceptors (Lipinski definition) is 2. The Morgan fingerprint density at radius 3 is 2.21 bits per heavy atom. The van der Waals surface area contributed by atoms with E-state index in [0.29, 0.717) is 0 Å². The molecule has 0 radical (unpaired) electrons. The Morgan fingerprint density at radius 2 is 1.63 bits per heavy atom. The molecule has 1 saturated heterocycles. The Bertz CT molecular complexity index is 417. The lowest BCUT2D eigenvalue weighted by Gasteiger charge is -2.41. The summed E-state index contributed by atoms with van der Waals surface area (Å²) in [6.07, 6.45) is 7.22. The Labute approximate surface area is 123 Å². The summed E-state index contributed by atoms with van der Waals surface area (Å²) >= 11 is 3.45. The summed E-state index contributed by atoms with van der Waals surface area (Å²) in [6, 6.07) is 8.94. The first-order valence-electron chi connectivity index (χ1n) is 7.40. The van der Waals surface area contributed by atoms with Crippen LogP contribution >= 0.6 is 15.9 Å². The lowest BCUT2D eigenvalue weighted by Crippen LogP contribution is -2.46. The molecule has 0 bridgehead atoms. The Morgan fingerprint density at radius 1 is 1.05 bits per heavy atom. The minimum absolute atomic E-state index is 0.615. The number of nitrogens with zero attached hydrogens (tertiary/aromatic N) is 1. The fraction of sp³-hybridized carbons (Fsp3) is 0.625. The largest absolute Gasteiger partial charge is 0.385 e. The third-order valence-electron chi connectivity index (χ3n) is 4.85. The first-order chi connectivity index (χ1) is 9.17. The smallest absolute Gasteiger partial charge is 0.0920 e. The summed E-state index contributed by atoms with van der Waals surface area (Å²) in [4.78, 5) is 2.60. The molecule has 2 aliphatic rings. The molecule has 1 aromatic carbocycles. The summed E-state index contributed by atoms with van der Waals surface area (Å²) in [7, 11) is 0. The first-order valence-corrected chi connectivity index (χ1v) is 8.19. The molecule has 3 rings (SSSR count). The monoisotopic (exact) mass is 323 g/mol. The van der Waals surface area contributed by atoms with Gasteiger partial charge >= 0.3 is 0 Å². The van der Waals surface area contributed by atoms with Crippen LogP contribution in [0.5, 0.6) is 0 Å². The van der Waals surface area contributed by atoms with Gasteiger partial charge in [0.25, 0.3) is 0 Å². The lowest BCUT2D eigenvalue weighted by atomic mass is 9.84. The van der Waals surface area contributed by atoms with Gasteiger partial charge in [0.15, 0.2) is 0 Å². The first kappa shape index (κ1) is 13.6. The molecule has 1 aliphatic carbocycles. The zero-order chi connectivity index (χ0) is 13.3. The van der Waals surface area contributed by atoms with Crippen molar-refractivity contribution >= 4 is 15.9 Å². The minimum Gasteiger partial charge on any atom is -0.385 e. The van der Waals surface area contributed by atoms with Crippen molar-refractivity contribution < 1.29 is 5.11 Å². The van der Waals surface area contributed by atoms with Gasteiger partial charge in [-0.3, -0.25) is 0 Å². The number of likely N-dealkylation sites (tertiary alicyclic amines) is 1. The summed E-state index contributed by atoms with van der Waals surface area (Å²) in [5.41, 5.74) is 0.456. The fourth-order valence-corrected chi connectivity index (χ4v) is 3.84. The van der Waals surface area contributed by atoms with E-state index in [2.05, 4.69) is 33.0 Å². The molecule has 0 atom stereocenters. The van der Waals surface area contributed by atoms with Crippen LogP contribution in [-0.2, 0) is 5.60 Å². The van der Waals surface area contributed by atoms with Crippen molar-refractivity contribution in [3.05, 3.63) is 34.3 Å². The van der Waals surface area contributed by atoms with E-state index in [1.807, 2.05) is 12.1 Å². The minimum atomic E-state index is -0.615. The van der Waals surface area contributed by atoms with Crippen LogP contribution in [-0.4, -0.2) is 29.1 Å². The van der Waals surface area contributed by atoms with Crippen molar-refractivity contribution in [3.8, 4) is 0 Å². The van der Waals surface area contributed by atoms with Gasteiger partial charge in [0.05, 0.1) is 5.60 Å². The van der Waals surface area contributed by atoms with Gasteiger partial charge in [-0.15, -0.1) is 0 Å². The van der Waals surface area contributed by atoms with Crippen LogP contribution in [0.3, 0.4) is 0 Å². The molecule has 3 heteroatoms. The molecule has 19 heavy (non-hydrogen) atoms. The quantitative estimate of drug-likeness (QED) is 0.897. The average molecular weight is 324 g/mol. The molecule has 0 aromatic heterocycles. The third kappa shape index (κ3) is 2.88. The maximum absolute atomic E-state index is 10.9. The van der Waals surface area contributed by atoms with E-state index in [1.165, 1.54) is 25.7 Å². The number of benzene rings is 1. The van der Waals surface area contributed by atoms with Crippen molar-refractivity contribution in [3.63, 3.8) is 0 Å². The highest BCUT2D eigenvalue weighted by Gasteiger charge is 2.36. The summed E-state index contributed by atoms with van der Waals surface area (Å²) in [5.74, 6) is 0. The summed E-state index contributed by atoms with van der Waals surface area (Å²) in [5, 5.41) is 10.9. The molecule has 0 spiro atoms. The number of halogens is 1. The molecule has 1 heterocycles. The van der Waals surface area contributed by atoms with Crippen molar-refractivity contribution in [2.24, 2.45) is 0 Å². The molecule has 104 valence electrons. The van der Waals surface area contributed by atoms with Gasteiger partial charge in [0.1, 0.15) is 0 Å². The normalized spacial score (nSPS) is 24.7. The van der Waals surface area contributed by atoms with Crippen LogP contribution < -0.4 is 0 Å². The average Bonchev–Trinajstić information content (AvgIpc) is 2.94. The molecule has 1 saturated carbocycles. The van der Waals surface area contributed by atoms with Crippen LogP contribution in [0.25, 0.3) is 0 Å². The van der Waals surface area contributed by atoms with Gasteiger partial charge in [0.2, 0.25) is 0 Å². The molecule has 0 amide bonds. The highest BCUT2D eigenvalue weighted by Crippen LogP contribution is 2.36. The van der Waals surface area contributed by atoms with Gasteiger partial charge in [-0.05, 0) is 43.4 Å². The number of aliphatic hydroxyl groups is 1. The third-order valence-corrected chi connectivity index (χ3v) is 5.38. The van der Waals surface area contributed by atoms with Gasteiger partial charge in [-0.25, -0.2) is 0 Å². The van der Waals surface area contributed by atoms with E-state index < -0.39 is 5.60 Å². The van der Waals surface area contributed by atoms with Crippen molar-refractivity contribution in [1.29, 1.82) is 0 Å².